The summed E-state index contributed by atoms with van der Waals surface area (Å²) in [6.07, 6.45) is 1.61. The second kappa shape index (κ2) is 7.33. The van der Waals surface area contributed by atoms with Crippen molar-refractivity contribution in [3.63, 3.8) is 0 Å². The van der Waals surface area contributed by atoms with Gasteiger partial charge in [-0.25, -0.2) is 4.79 Å². The first-order valence-corrected chi connectivity index (χ1v) is 7.68. The normalized spacial score (nSPS) is 20.5. The molecule has 3 rings (SSSR count). The van der Waals surface area contributed by atoms with Gasteiger partial charge in [0.15, 0.2) is 0 Å². The van der Waals surface area contributed by atoms with Crippen LogP contribution in [0.1, 0.15) is 22.5 Å². The summed E-state index contributed by atoms with van der Waals surface area (Å²) in [6, 6.07) is 6.85. The zero-order valence-corrected chi connectivity index (χ0v) is 13.0. The van der Waals surface area contributed by atoms with Crippen LogP contribution in [0.2, 0.25) is 0 Å². The maximum Gasteiger partial charge on any atom is 0.323 e. The third kappa shape index (κ3) is 3.84. The SMILES string of the molecule is O=C(N[C@@H]1CCOC[C@H]1Oc1ccc(CO)cc1)c1c[nH]c(=O)[nH]1. The molecule has 1 aliphatic rings. The summed E-state index contributed by atoms with van der Waals surface area (Å²) in [5, 5.41) is 11.9. The summed E-state index contributed by atoms with van der Waals surface area (Å²) in [5.41, 5.74) is 0.546. The minimum Gasteiger partial charge on any atom is -0.486 e. The molecule has 1 amide bonds. The number of hydrogen-bond acceptors (Lipinski definition) is 5. The quantitative estimate of drug-likeness (QED) is 0.622. The number of aromatic nitrogens is 2. The van der Waals surface area contributed by atoms with Gasteiger partial charge in [-0.1, -0.05) is 12.1 Å². The fourth-order valence-electron chi connectivity index (χ4n) is 2.54. The van der Waals surface area contributed by atoms with Gasteiger partial charge in [-0.3, -0.25) is 4.79 Å². The Morgan fingerprint density at radius 2 is 2.17 bits per heavy atom. The first-order chi connectivity index (χ1) is 11.7. The van der Waals surface area contributed by atoms with Gasteiger partial charge in [0, 0.05) is 12.8 Å². The largest absolute Gasteiger partial charge is 0.486 e. The maximum atomic E-state index is 12.2. The average Bonchev–Trinajstić information content (AvgIpc) is 3.04. The van der Waals surface area contributed by atoms with Crippen LogP contribution in [0.5, 0.6) is 5.75 Å². The number of aromatic amines is 2. The Hall–Kier alpha value is -2.58. The van der Waals surface area contributed by atoms with Crippen LogP contribution < -0.4 is 15.7 Å². The summed E-state index contributed by atoms with van der Waals surface area (Å²) in [6.45, 7) is 0.856. The van der Waals surface area contributed by atoms with Crippen molar-refractivity contribution in [2.45, 2.75) is 25.2 Å². The molecule has 1 saturated heterocycles. The van der Waals surface area contributed by atoms with Gasteiger partial charge in [-0.15, -0.1) is 0 Å². The number of ether oxygens (including phenoxy) is 2. The molecule has 0 unspecified atom stereocenters. The van der Waals surface area contributed by atoms with Crippen LogP contribution in [0.25, 0.3) is 0 Å². The van der Waals surface area contributed by atoms with Crippen LogP contribution in [-0.4, -0.2) is 46.3 Å². The molecule has 4 N–H and O–H groups in total. The Kier molecular flexibility index (Phi) is 4.97. The molecular weight excluding hydrogens is 314 g/mol. The number of amides is 1. The number of carbonyl (C=O) groups is 1. The third-order valence-electron chi connectivity index (χ3n) is 3.85. The molecule has 128 valence electrons. The van der Waals surface area contributed by atoms with Crippen LogP contribution in [0.4, 0.5) is 0 Å². The minimum atomic E-state index is -0.427. The van der Waals surface area contributed by atoms with E-state index in [1.54, 1.807) is 24.3 Å². The molecule has 1 fully saturated rings. The molecule has 8 heteroatoms. The Balaban J connectivity index is 1.66. The maximum absolute atomic E-state index is 12.2. The molecular formula is C16H19N3O5. The van der Waals surface area contributed by atoms with Gasteiger partial charge >= 0.3 is 5.69 Å². The van der Waals surface area contributed by atoms with Gasteiger partial charge in [0.2, 0.25) is 0 Å². The molecule has 0 spiro atoms. The molecule has 0 bridgehead atoms. The standard InChI is InChI=1S/C16H19N3O5/c20-8-10-1-3-11(4-2-10)24-14-9-23-6-5-12(14)18-15(21)13-7-17-16(22)19-13/h1-4,7,12,14,20H,5-6,8-9H2,(H,18,21)(H2,17,19,22)/t12-,14-/m1/s1. The monoisotopic (exact) mass is 333 g/mol. The van der Waals surface area contributed by atoms with E-state index in [4.69, 9.17) is 14.6 Å². The number of benzene rings is 1. The van der Waals surface area contributed by atoms with Gasteiger partial charge < -0.3 is 29.9 Å². The van der Waals surface area contributed by atoms with Gasteiger partial charge in [-0.05, 0) is 24.1 Å². The highest BCUT2D eigenvalue weighted by Gasteiger charge is 2.29. The fraction of sp³-hybridized carbons (Fsp3) is 0.375. The predicted octanol–water partition coefficient (Wildman–Crippen LogP) is 0.162. The van der Waals surface area contributed by atoms with Crippen molar-refractivity contribution in [3.8, 4) is 5.75 Å². The molecule has 2 aromatic rings. The van der Waals surface area contributed by atoms with Crippen molar-refractivity contribution in [1.82, 2.24) is 15.3 Å². The average molecular weight is 333 g/mol. The molecule has 1 aromatic carbocycles. The van der Waals surface area contributed by atoms with Crippen molar-refractivity contribution in [2.75, 3.05) is 13.2 Å². The summed E-state index contributed by atoms with van der Waals surface area (Å²) >= 11 is 0. The van der Waals surface area contributed by atoms with Crippen LogP contribution in [0, 0.1) is 0 Å². The predicted molar refractivity (Wildman–Crippen MR) is 84.9 cm³/mol. The number of imidazole rings is 1. The first kappa shape index (κ1) is 16.3. The number of hydrogen-bond donors (Lipinski definition) is 4. The number of H-pyrrole nitrogens is 2. The summed E-state index contributed by atoms with van der Waals surface area (Å²) < 4.78 is 11.3. The molecule has 0 radical (unpaired) electrons. The second-order valence-electron chi connectivity index (χ2n) is 5.56. The molecule has 2 heterocycles. The van der Waals surface area contributed by atoms with E-state index in [9.17, 15) is 9.59 Å². The van der Waals surface area contributed by atoms with Crippen molar-refractivity contribution in [1.29, 1.82) is 0 Å². The van der Waals surface area contributed by atoms with E-state index in [2.05, 4.69) is 15.3 Å². The lowest BCUT2D eigenvalue weighted by Gasteiger charge is -2.32. The van der Waals surface area contributed by atoms with Crippen LogP contribution >= 0.6 is 0 Å². The number of rotatable bonds is 5. The lowest BCUT2D eigenvalue weighted by molar-refractivity contribution is -0.0135. The number of aliphatic hydroxyl groups excluding tert-OH is 1. The van der Waals surface area contributed by atoms with Crippen LogP contribution in [-0.2, 0) is 11.3 Å². The van der Waals surface area contributed by atoms with E-state index in [0.29, 0.717) is 25.4 Å². The minimum absolute atomic E-state index is 0.0274. The van der Waals surface area contributed by atoms with Gasteiger partial charge in [-0.2, -0.15) is 0 Å². The lowest BCUT2D eigenvalue weighted by Crippen LogP contribution is -2.51. The fourth-order valence-corrected chi connectivity index (χ4v) is 2.54. The Bertz CT molecular complexity index is 737. The Morgan fingerprint density at radius 3 is 2.83 bits per heavy atom. The molecule has 8 nitrogen and oxygen atoms in total. The van der Waals surface area contributed by atoms with Crippen molar-refractivity contribution < 1.29 is 19.4 Å². The first-order valence-electron chi connectivity index (χ1n) is 7.68. The summed E-state index contributed by atoms with van der Waals surface area (Å²) in [4.78, 5) is 28.1. The molecule has 2 atom stereocenters. The van der Waals surface area contributed by atoms with Gasteiger partial charge in [0.25, 0.3) is 5.91 Å². The molecule has 0 saturated carbocycles. The van der Waals surface area contributed by atoms with E-state index in [0.717, 1.165) is 5.56 Å². The lowest BCUT2D eigenvalue weighted by atomic mass is 10.1. The summed E-state index contributed by atoms with van der Waals surface area (Å²) in [5.74, 6) is 0.265. The van der Waals surface area contributed by atoms with Crippen molar-refractivity contribution >= 4 is 5.91 Å². The zero-order chi connectivity index (χ0) is 16.9. The molecule has 1 aliphatic heterocycles. The van der Waals surface area contributed by atoms with Crippen LogP contribution in [0.3, 0.4) is 0 Å². The Morgan fingerprint density at radius 1 is 1.38 bits per heavy atom. The number of nitrogens with one attached hydrogen (secondary N) is 3. The second-order valence-corrected chi connectivity index (χ2v) is 5.56. The van der Waals surface area contributed by atoms with Crippen molar-refractivity contribution in [3.05, 3.63) is 52.2 Å². The van der Waals surface area contributed by atoms with Gasteiger partial charge in [0.05, 0.1) is 19.3 Å². The van der Waals surface area contributed by atoms with E-state index in [1.807, 2.05) is 0 Å². The Labute approximate surface area is 137 Å². The number of aliphatic hydroxyl groups is 1. The highest BCUT2D eigenvalue weighted by Crippen LogP contribution is 2.19. The third-order valence-corrected chi connectivity index (χ3v) is 3.85. The van der Waals surface area contributed by atoms with Gasteiger partial charge in [0.1, 0.15) is 17.5 Å². The molecule has 1 aromatic heterocycles. The molecule has 0 aliphatic carbocycles. The molecule has 24 heavy (non-hydrogen) atoms. The van der Waals surface area contributed by atoms with Crippen molar-refractivity contribution in [2.24, 2.45) is 0 Å². The smallest absolute Gasteiger partial charge is 0.323 e. The van der Waals surface area contributed by atoms with E-state index in [-0.39, 0.29) is 30.4 Å². The van der Waals surface area contributed by atoms with Crippen LogP contribution in [0.15, 0.2) is 35.3 Å². The number of carbonyl (C=O) groups excluding carboxylic acids is 1. The highest BCUT2D eigenvalue weighted by molar-refractivity contribution is 5.92. The van der Waals surface area contributed by atoms with E-state index in [1.165, 1.54) is 6.20 Å². The van der Waals surface area contributed by atoms with E-state index < -0.39 is 5.69 Å². The zero-order valence-electron chi connectivity index (χ0n) is 13.0. The highest BCUT2D eigenvalue weighted by atomic mass is 16.5. The topological polar surface area (TPSA) is 116 Å². The summed E-state index contributed by atoms with van der Waals surface area (Å²) in [7, 11) is 0. The van der Waals surface area contributed by atoms with E-state index >= 15 is 0 Å².